The van der Waals surface area contributed by atoms with Crippen LogP contribution in [0.2, 0.25) is 0 Å². The topological polar surface area (TPSA) is 21.3 Å². The van der Waals surface area contributed by atoms with Gasteiger partial charge in [0.15, 0.2) is 0 Å². The monoisotopic (exact) mass is 245 g/mol. The Bertz CT molecular complexity index is 194. The zero-order valence-corrected chi connectivity index (χ0v) is 12.0. The lowest BCUT2D eigenvalue weighted by molar-refractivity contribution is 0.0766. The number of hydrogen-bond donors (Lipinski definition) is 1. The molecule has 0 aromatic rings. The number of thioether (sulfide) groups is 1. The fourth-order valence-electron chi connectivity index (χ4n) is 2.09. The van der Waals surface area contributed by atoms with E-state index in [1.54, 1.807) is 0 Å². The van der Waals surface area contributed by atoms with E-state index in [9.17, 15) is 0 Å². The Morgan fingerprint density at radius 3 is 2.81 bits per heavy atom. The van der Waals surface area contributed by atoms with Crippen LogP contribution in [-0.4, -0.2) is 36.8 Å². The Morgan fingerprint density at radius 1 is 1.44 bits per heavy atom. The molecular formula is C13H27NOS. The van der Waals surface area contributed by atoms with Crippen LogP contribution in [0, 0.1) is 5.41 Å². The summed E-state index contributed by atoms with van der Waals surface area (Å²) in [5, 5.41) is 3.65. The summed E-state index contributed by atoms with van der Waals surface area (Å²) in [6, 6.07) is 0.702. The first kappa shape index (κ1) is 14.3. The lowest BCUT2D eigenvalue weighted by atomic mass is 9.88. The van der Waals surface area contributed by atoms with E-state index >= 15 is 0 Å². The second kappa shape index (κ2) is 6.87. The number of ether oxygens (including phenoxy) is 1. The van der Waals surface area contributed by atoms with Crippen molar-refractivity contribution in [2.45, 2.75) is 52.7 Å². The molecule has 96 valence electrons. The molecule has 1 atom stereocenters. The molecule has 0 bridgehead atoms. The minimum atomic E-state index is 0.365. The summed E-state index contributed by atoms with van der Waals surface area (Å²) in [5.41, 5.74) is 0.509. The Morgan fingerprint density at radius 2 is 2.19 bits per heavy atom. The highest BCUT2D eigenvalue weighted by Gasteiger charge is 2.27. The molecule has 3 heteroatoms. The molecule has 1 N–H and O–H groups in total. The number of rotatable bonds is 6. The van der Waals surface area contributed by atoms with Crippen LogP contribution in [0.25, 0.3) is 0 Å². The molecular weight excluding hydrogens is 218 g/mol. The van der Waals surface area contributed by atoms with Crippen molar-refractivity contribution in [1.82, 2.24) is 5.32 Å². The molecule has 0 saturated carbocycles. The summed E-state index contributed by atoms with van der Waals surface area (Å²) < 4.78 is 5.53. The number of hydrogen-bond acceptors (Lipinski definition) is 3. The average Bonchev–Trinajstić information content (AvgIpc) is 2.15. The molecule has 16 heavy (non-hydrogen) atoms. The zero-order valence-electron chi connectivity index (χ0n) is 11.2. The van der Waals surface area contributed by atoms with Gasteiger partial charge in [-0.3, -0.25) is 0 Å². The highest BCUT2D eigenvalue weighted by molar-refractivity contribution is 7.99. The summed E-state index contributed by atoms with van der Waals surface area (Å²) in [7, 11) is 0. The predicted molar refractivity (Wildman–Crippen MR) is 73.2 cm³/mol. The van der Waals surface area contributed by atoms with Crippen molar-refractivity contribution < 1.29 is 4.74 Å². The Balaban J connectivity index is 2.04. The molecule has 1 aliphatic heterocycles. The highest BCUT2D eigenvalue weighted by Crippen LogP contribution is 2.33. The molecule has 1 unspecified atom stereocenters. The highest BCUT2D eigenvalue weighted by atomic mass is 32.2. The van der Waals surface area contributed by atoms with E-state index in [2.05, 4.69) is 44.8 Å². The van der Waals surface area contributed by atoms with E-state index in [4.69, 9.17) is 4.74 Å². The minimum absolute atomic E-state index is 0.365. The first-order chi connectivity index (χ1) is 7.49. The van der Waals surface area contributed by atoms with Gasteiger partial charge in [0.25, 0.3) is 0 Å². The lowest BCUT2D eigenvalue weighted by Gasteiger charge is -2.35. The quantitative estimate of drug-likeness (QED) is 0.727. The molecule has 1 fully saturated rings. The molecule has 0 spiro atoms. The standard InChI is InChI=1S/C13H27NOS/c1-11(2)15-7-5-6-14-12-8-13(3,4)10-16-9-12/h11-12,14H,5-10H2,1-4H3. The van der Waals surface area contributed by atoms with Gasteiger partial charge in [0, 0.05) is 18.4 Å². The first-order valence-electron chi connectivity index (χ1n) is 6.42. The van der Waals surface area contributed by atoms with Gasteiger partial charge >= 0.3 is 0 Å². The molecule has 0 radical (unpaired) electrons. The maximum absolute atomic E-state index is 5.53. The van der Waals surface area contributed by atoms with Crippen LogP contribution in [-0.2, 0) is 4.74 Å². The fourth-order valence-corrected chi connectivity index (χ4v) is 3.40. The van der Waals surface area contributed by atoms with Crippen molar-refractivity contribution in [3.8, 4) is 0 Å². The van der Waals surface area contributed by atoms with Crippen LogP contribution in [0.3, 0.4) is 0 Å². The van der Waals surface area contributed by atoms with Crippen molar-refractivity contribution in [2.24, 2.45) is 5.41 Å². The summed E-state index contributed by atoms with van der Waals surface area (Å²) >= 11 is 2.08. The van der Waals surface area contributed by atoms with Gasteiger partial charge in [-0.1, -0.05) is 13.8 Å². The summed E-state index contributed by atoms with van der Waals surface area (Å²) in [5.74, 6) is 2.58. The third-order valence-electron chi connectivity index (χ3n) is 2.82. The average molecular weight is 245 g/mol. The molecule has 0 amide bonds. The molecule has 1 saturated heterocycles. The van der Waals surface area contributed by atoms with E-state index in [0.29, 0.717) is 17.6 Å². The first-order valence-corrected chi connectivity index (χ1v) is 7.58. The Labute approximate surface area is 105 Å². The SMILES string of the molecule is CC(C)OCCCNC1CSCC(C)(C)C1. The van der Waals surface area contributed by atoms with Crippen LogP contribution < -0.4 is 5.32 Å². The smallest absolute Gasteiger partial charge is 0.0518 e. The summed E-state index contributed by atoms with van der Waals surface area (Å²) in [4.78, 5) is 0. The van der Waals surface area contributed by atoms with Gasteiger partial charge in [0.05, 0.1) is 6.10 Å². The molecule has 1 rings (SSSR count). The van der Waals surface area contributed by atoms with E-state index in [1.165, 1.54) is 17.9 Å². The van der Waals surface area contributed by atoms with Crippen LogP contribution in [0.5, 0.6) is 0 Å². The molecule has 2 nitrogen and oxygen atoms in total. The van der Waals surface area contributed by atoms with Crippen molar-refractivity contribution in [3.05, 3.63) is 0 Å². The normalized spacial score (nSPS) is 24.9. The molecule has 0 aliphatic carbocycles. The molecule has 0 aromatic heterocycles. The van der Waals surface area contributed by atoms with E-state index in [1.807, 2.05) is 0 Å². The fraction of sp³-hybridized carbons (Fsp3) is 1.00. The Hall–Kier alpha value is 0.270. The van der Waals surface area contributed by atoms with Gasteiger partial charge in [0.1, 0.15) is 0 Å². The maximum Gasteiger partial charge on any atom is 0.0518 e. The summed E-state index contributed by atoms with van der Waals surface area (Å²) in [6.07, 6.45) is 2.80. The van der Waals surface area contributed by atoms with Gasteiger partial charge < -0.3 is 10.1 Å². The lowest BCUT2D eigenvalue weighted by Crippen LogP contribution is -2.40. The zero-order chi connectivity index (χ0) is 12.0. The second-order valence-corrected chi connectivity index (χ2v) is 6.84. The van der Waals surface area contributed by atoms with Gasteiger partial charge in [0.2, 0.25) is 0 Å². The van der Waals surface area contributed by atoms with Crippen molar-refractivity contribution in [1.29, 1.82) is 0 Å². The van der Waals surface area contributed by atoms with Crippen molar-refractivity contribution in [3.63, 3.8) is 0 Å². The van der Waals surface area contributed by atoms with Gasteiger partial charge in [-0.05, 0) is 44.4 Å². The molecule has 1 aliphatic rings. The third-order valence-corrected chi connectivity index (χ3v) is 4.44. The Kier molecular flexibility index (Phi) is 6.16. The third kappa shape index (κ3) is 6.12. The second-order valence-electron chi connectivity index (χ2n) is 5.81. The summed E-state index contributed by atoms with van der Waals surface area (Å²) in [6.45, 7) is 10.9. The van der Waals surface area contributed by atoms with Gasteiger partial charge in [-0.25, -0.2) is 0 Å². The largest absolute Gasteiger partial charge is 0.379 e. The van der Waals surface area contributed by atoms with Crippen LogP contribution in [0.15, 0.2) is 0 Å². The van der Waals surface area contributed by atoms with Crippen molar-refractivity contribution >= 4 is 11.8 Å². The van der Waals surface area contributed by atoms with Gasteiger partial charge in [-0.2, -0.15) is 11.8 Å². The van der Waals surface area contributed by atoms with Crippen molar-refractivity contribution in [2.75, 3.05) is 24.7 Å². The van der Waals surface area contributed by atoms with Crippen LogP contribution >= 0.6 is 11.8 Å². The van der Waals surface area contributed by atoms with E-state index < -0.39 is 0 Å². The van der Waals surface area contributed by atoms with Gasteiger partial charge in [-0.15, -0.1) is 0 Å². The van der Waals surface area contributed by atoms with Crippen LogP contribution in [0.1, 0.15) is 40.5 Å². The number of nitrogens with one attached hydrogen (secondary N) is 1. The van der Waals surface area contributed by atoms with E-state index in [0.717, 1.165) is 19.6 Å². The molecule has 1 heterocycles. The maximum atomic E-state index is 5.53. The van der Waals surface area contributed by atoms with E-state index in [-0.39, 0.29) is 0 Å². The predicted octanol–water partition coefficient (Wildman–Crippen LogP) is 2.92. The van der Waals surface area contributed by atoms with Crippen LogP contribution in [0.4, 0.5) is 0 Å². The molecule has 0 aromatic carbocycles. The minimum Gasteiger partial charge on any atom is -0.379 e.